The van der Waals surface area contributed by atoms with Crippen LogP contribution in [0.15, 0.2) is 152 Å². The molecule has 0 radical (unpaired) electrons. The molecular weight excluding hydrogens is 663 g/mol. The minimum absolute atomic E-state index is 0.105. The molecule has 8 aromatic carbocycles. The summed E-state index contributed by atoms with van der Waals surface area (Å²) in [5, 5.41) is 5.06. The molecule has 0 bridgehead atoms. The molecule has 270 valence electrons. The Morgan fingerprint density at radius 1 is 0.327 bits per heavy atom. The molecule has 1 nitrogen and oxygen atoms in total. The molecule has 1 aliphatic rings. The number of aryl methyl sites for hydroxylation is 2. The third-order valence-corrected chi connectivity index (χ3v) is 11.8. The summed E-state index contributed by atoms with van der Waals surface area (Å²) >= 11 is 0. The van der Waals surface area contributed by atoms with Gasteiger partial charge in [-0.2, -0.15) is 0 Å². The van der Waals surface area contributed by atoms with E-state index >= 15 is 0 Å². The molecule has 1 heteroatoms. The largest absolute Gasteiger partial charge is 0.310 e. The van der Waals surface area contributed by atoms with Gasteiger partial charge in [-0.1, -0.05) is 120 Å². The lowest BCUT2D eigenvalue weighted by Gasteiger charge is -2.28. The van der Waals surface area contributed by atoms with Gasteiger partial charge in [0.05, 0.1) is 0 Å². The van der Waals surface area contributed by atoms with E-state index in [0.717, 1.165) is 11.4 Å². The van der Waals surface area contributed by atoms with E-state index in [2.05, 4.69) is 212 Å². The Hall–Kier alpha value is -5.92. The van der Waals surface area contributed by atoms with Crippen molar-refractivity contribution in [3.05, 3.63) is 174 Å². The molecular formula is C54H49N. The molecule has 55 heavy (non-hydrogen) atoms. The van der Waals surface area contributed by atoms with E-state index < -0.39 is 0 Å². The zero-order valence-electron chi connectivity index (χ0n) is 33.4. The SMILES string of the molecule is Cc1ccc(N(c2ccccc2)c2ccc3cc4c(cc3c2)-c2cc3cc(-c5ccc(C(C)(C)C)cc5)c(-c5ccc(C(C)(C)C)cc5)cc3cc2-4)cc1C. The van der Waals surface area contributed by atoms with Gasteiger partial charge in [-0.25, -0.2) is 0 Å². The summed E-state index contributed by atoms with van der Waals surface area (Å²) < 4.78 is 0. The van der Waals surface area contributed by atoms with Gasteiger partial charge in [0.25, 0.3) is 0 Å². The number of nitrogens with zero attached hydrogens (tertiary/aromatic N) is 1. The van der Waals surface area contributed by atoms with E-state index in [1.54, 1.807) is 0 Å². The normalized spacial score (nSPS) is 12.4. The first-order valence-corrected chi connectivity index (χ1v) is 19.7. The Balaban J connectivity index is 1.15. The molecule has 0 aromatic heterocycles. The number of benzene rings is 8. The zero-order chi connectivity index (χ0) is 38.2. The predicted octanol–water partition coefficient (Wildman–Crippen LogP) is 15.7. The monoisotopic (exact) mass is 711 g/mol. The van der Waals surface area contributed by atoms with E-state index in [9.17, 15) is 0 Å². The van der Waals surface area contributed by atoms with Gasteiger partial charge in [-0.05, 0) is 186 Å². The van der Waals surface area contributed by atoms with Crippen LogP contribution in [0.25, 0.3) is 66.1 Å². The summed E-state index contributed by atoms with van der Waals surface area (Å²) in [7, 11) is 0. The smallest absolute Gasteiger partial charge is 0.0468 e. The van der Waals surface area contributed by atoms with Crippen molar-refractivity contribution in [3.8, 4) is 44.5 Å². The predicted molar refractivity (Wildman–Crippen MR) is 238 cm³/mol. The van der Waals surface area contributed by atoms with Gasteiger partial charge in [0.2, 0.25) is 0 Å². The Bertz CT molecular complexity index is 2750. The molecule has 9 rings (SSSR count). The van der Waals surface area contributed by atoms with Gasteiger partial charge >= 0.3 is 0 Å². The van der Waals surface area contributed by atoms with E-state index in [4.69, 9.17) is 0 Å². The summed E-state index contributed by atoms with van der Waals surface area (Å²) in [6.07, 6.45) is 0. The van der Waals surface area contributed by atoms with Crippen LogP contribution >= 0.6 is 0 Å². The number of hydrogen-bond acceptors (Lipinski definition) is 1. The molecule has 0 saturated carbocycles. The lowest BCUT2D eigenvalue weighted by molar-refractivity contribution is 0.590. The number of anilines is 3. The molecule has 1 aliphatic carbocycles. The summed E-state index contributed by atoms with van der Waals surface area (Å²) in [4.78, 5) is 2.37. The first kappa shape index (κ1) is 34.8. The molecule has 0 unspecified atom stereocenters. The van der Waals surface area contributed by atoms with Crippen molar-refractivity contribution >= 4 is 38.6 Å². The quantitative estimate of drug-likeness (QED) is 0.172. The Kier molecular flexibility index (Phi) is 8.13. The first-order chi connectivity index (χ1) is 26.3. The Morgan fingerprint density at radius 2 is 0.745 bits per heavy atom. The second-order valence-electron chi connectivity index (χ2n) is 17.7. The summed E-state index contributed by atoms with van der Waals surface area (Å²) in [6.45, 7) is 18.1. The number of rotatable bonds is 5. The van der Waals surface area contributed by atoms with Crippen molar-refractivity contribution < 1.29 is 0 Å². The summed E-state index contributed by atoms with van der Waals surface area (Å²) in [5.74, 6) is 0. The van der Waals surface area contributed by atoms with Crippen LogP contribution in [0.2, 0.25) is 0 Å². The van der Waals surface area contributed by atoms with Crippen molar-refractivity contribution in [2.75, 3.05) is 4.90 Å². The summed E-state index contributed by atoms with van der Waals surface area (Å²) in [6, 6.07) is 57.3. The molecule has 0 spiro atoms. The lowest BCUT2D eigenvalue weighted by Crippen LogP contribution is -2.10. The highest BCUT2D eigenvalue weighted by atomic mass is 15.1. The average molecular weight is 712 g/mol. The number of fused-ring (bicyclic) bond motifs is 6. The minimum atomic E-state index is 0.105. The van der Waals surface area contributed by atoms with Gasteiger partial charge < -0.3 is 4.90 Å². The fourth-order valence-corrected chi connectivity index (χ4v) is 8.27. The van der Waals surface area contributed by atoms with Gasteiger partial charge in [-0.15, -0.1) is 0 Å². The van der Waals surface area contributed by atoms with Crippen molar-refractivity contribution in [1.29, 1.82) is 0 Å². The standard InChI is InChI=1S/C54H49N/c1-34-14-24-45(26-35(34)2)55(44-12-10-9-11-13-44)46-25-19-38-28-49-50(31-39(38)27-46)52-33-41-30-48(37-17-22-43(23-18-37)54(6,7)8)47(29-40(41)32-51(49)52)36-15-20-42(21-16-36)53(3,4)5/h9-33H,1-8H3. The highest BCUT2D eigenvalue weighted by Gasteiger charge is 2.25. The van der Waals surface area contributed by atoms with Crippen LogP contribution in [-0.2, 0) is 10.8 Å². The molecule has 8 aromatic rings. The Morgan fingerprint density at radius 3 is 1.22 bits per heavy atom. The molecule has 0 N–H and O–H groups in total. The van der Waals surface area contributed by atoms with Gasteiger partial charge in [-0.3, -0.25) is 0 Å². The second kappa shape index (κ2) is 12.8. The molecule has 0 heterocycles. The fourth-order valence-electron chi connectivity index (χ4n) is 8.27. The van der Waals surface area contributed by atoms with Crippen LogP contribution in [0.4, 0.5) is 17.1 Å². The summed E-state index contributed by atoms with van der Waals surface area (Å²) in [5.41, 5.74) is 19.4. The maximum Gasteiger partial charge on any atom is 0.0468 e. The van der Waals surface area contributed by atoms with Crippen molar-refractivity contribution in [1.82, 2.24) is 0 Å². The van der Waals surface area contributed by atoms with Crippen molar-refractivity contribution in [3.63, 3.8) is 0 Å². The van der Waals surface area contributed by atoms with E-state index in [1.165, 1.54) is 94.0 Å². The molecule has 0 atom stereocenters. The first-order valence-electron chi connectivity index (χ1n) is 19.7. The van der Waals surface area contributed by atoms with E-state index in [1.807, 2.05) is 0 Å². The van der Waals surface area contributed by atoms with E-state index in [-0.39, 0.29) is 10.8 Å². The average Bonchev–Trinajstić information content (AvgIpc) is 3.17. The molecule has 0 aliphatic heterocycles. The maximum absolute atomic E-state index is 2.42. The van der Waals surface area contributed by atoms with Crippen LogP contribution in [0.3, 0.4) is 0 Å². The molecule has 0 fully saturated rings. The topological polar surface area (TPSA) is 3.24 Å². The third-order valence-electron chi connectivity index (χ3n) is 11.8. The number of para-hydroxylation sites is 1. The van der Waals surface area contributed by atoms with Crippen molar-refractivity contribution in [2.45, 2.75) is 66.2 Å². The van der Waals surface area contributed by atoms with Crippen molar-refractivity contribution in [2.24, 2.45) is 0 Å². The van der Waals surface area contributed by atoms with Crippen LogP contribution in [0.5, 0.6) is 0 Å². The third kappa shape index (κ3) is 6.22. The highest BCUT2D eigenvalue weighted by Crippen LogP contribution is 2.52. The second-order valence-corrected chi connectivity index (χ2v) is 17.7. The Labute approximate surface area is 326 Å². The lowest BCUT2D eigenvalue weighted by atomic mass is 9.77. The van der Waals surface area contributed by atoms with Crippen LogP contribution < -0.4 is 4.90 Å². The fraction of sp³-hybridized carbons (Fsp3) is 0.185. The minimum Gasteiger partial charge on any atom is -0.310 e. The molecule has 0 saturated heterocycles. The van der Waals surface area contributed by atoms with Crippen LogP contribution in [0.1, 0.15) is 63.8 Å². The van der Waals surface area contributed by atoms with Crippen LogP contribution in [0, 0.1) is 13.8 Å². The zero-order valence-corrected chi connectivity index (χ0v) is 33.4. The van der Waals surface area contributed by atoms with Gasteiger partial charge in [0.1, 0.15) is 0 Å². The number of hydrogen-bond donors (Lipinski definition) is 0. The molecule has 0 amide bonds. The highest BCUT2D eigenvalue weighted by molar-refractivity contribution is 6.13. The van der Waals surface area contributed by atoms with E-state index in [0.29, 0.717) is 0 Å². The maximum atomic E-state index is 2.42. The van der Waals surface area contributed by atoms with Crippen LogP contribution in [-0.4, -0.2) is 0 Å². The van der Waals surface area contributed by atoms with Gasteiger partial charge in [0, 0.05) is 17.1 Å². The van der Waals surface area contributed by atoms with Gasteiger partial charge in [0.15, 0.2) is 0 Å².